The summed E-state index contributed by atoms with van der Waals surface area (Å²) in [5.74, 6) is 0.278. The van der Waals surface area contributed by atoms with Gasteiger partial charge in [-0.2, -0.15) is 0 Å². The topological polar surface area (TPSA) is 67.6 Å². The molecule has 1 amide bonds. The monoisotopic (exact) mass is 391 g/mol. The molecule has 1 N–H and O–H groups in total. The van der Waals surface area contributed by atoms with Crippen LogP contribution in [0.25, 0.3) is 0 Å². The maximum atomic E-state index is 12.2. The standard InChI is InChI=1S/C20H26ClN3O3/c1-14(2)24(11-15-6-3-4-8-17(15)21)12-19-23-18(13-27-19)20(25)22-10-16-7-5-9-26-16/h3-4,6,8,13-14,16H,5,7,9-12H2,1-2H3,(H,22,25). The van der Waals surface area contributed by atoms with E-state index < -0.39 is 0 Å². The van der Waals surface area contributed by atoms with Gasteiger partial charge in [0, 0.05) is 30.8 Å². The van der Waals surface area contributed by atoms with Crippen LogP contribution in [0.4, 0.5) is 0 Å². The first kappa shape index (κ1) is 19.9. The molecule has 2 aromatic rings. The summed E-state index contributed by atoms with van der Waals surface area (Å²) in [7, 11) is 0. The summed E-state index contributed by atoms with van der Waals surface area (Å²) in [6.45, 7) is 6.67. The van der Waals surface area contributed by atoms with E-state index in [4.69, 9.17) is 20.8 Å². The number of hydrogen-bond acceptors (Lipinski definition) is 5. The Morgan fingerprint density at radius 3 is 2.89 bits per heavy atom. The second-order valence-corrected chi connectivity index (χ2v) is 7.47. The van der Waals surface area contributed by atoms with E-state index >= 15 is 0 Å². The highest BCUT2D eigenvalue weighted by atomic mass is 35.5. The number of nitrogens with one attached hydrogen (secondary N) is 1. The van der Waals surface area contributed by atoms with Crippen LogP contribution in [0.3, 0.4) is 0 Å². The van der Waals surface area contributed by atoms with Gasteiger partial charge in [0.1, 0.15) is 6.26 Å². The molecule has 1 saturated heterocycles. The summed E-state index contributed by atoms with van der Waals surface area (Å²) < 4.78 is 11.0. The second kappa shape index (κ2) is 9.35. The van der Waals surface area contributed by atoms with Crippen LogP contribution >= 0.6 is 11.6 Å². The quantitative estimate of drug-likeness (QED) is 0.744. The van der Waals surface area contributed by atoms with Crippen LogP contribution in [0.2, 0.25) is 5.02 Å². The van der Waals surface area contributed by atoms with Crippen molar-refractivity contribution in [2.45, 2.75) is 51.9 Å². The molecule has 0 spiro atoms. The zero-order chi connectivity index (χ0) is 19.2. The van der Waals surface area contributed by atoms with E-state index in [0.29, 0.717) is 31.2 Å². The Bertz CT molecular complexity index is 756. The minimum atomic E-state index is -0.234. The number of carbonyl (C=O) groups excluding carboxylic acids is 1. The van der Waals surface area contributed by atoms with Gasteiger partial charge >= 0.3 is 0 Å². The maximum Gasteiger partial charge on any atom is 0.273 e. The van der Waals surface area contributed by atoms with Crippen molar-refractivity contribution in [2.75, 3.05) is 13.2 Å². The summed E-state index contributed by atoms with van der Waals surface area (Å²) >= 11 is 6.28. The molecule has 2 heterocycles. The van der Waals surface area contributed by atoms with Gasteiger partial charge in [0.05, 0.1) is 12.6 Å². The third-order valence-corrected chi connectivity index (χ3v) is 5.07. The van der Waals surface area contributed by atoms with Gasteiger partial charge in [-0.1, -0.05) is 29.8 Å². The number of nitrogens with zero attached hydrogens (tertiary/aromatic N) is 2. The molecule has 0 aliphatic carbocycles. The molecule has 1 atom stereocenters. The van der Waals surface area contributed by atoms with Gasteiger partial charge in [0.2, 0.25) is 5.89 Å². The molecule has 1 aliphatic rings. The van der Waals surface area contributed by atoms with Crippen LogP contribution in [-0.2, 0) is 17.8 Å². The van der Waals surface area contributed by atoms with E-state index in [1.807, 2.05) is 24.3 Å². The average molecular weight is 392 g/mol. The Labute approximate surface area is 164 Å². The summed E-state index contributed by atoms with van der Waals surface area (Å²) in [5, 5.41) is 3.60. The minimum absolute atomic E-state index is 0.104. The average Bonchev–Trinajstić information content (AvgIpc) is 3.32. The molecule has 1 aliphatic heterocycles. The maximum absolute atomic E-state index is 12.2. The second-order valence-electron chi connectivity index (χ2n) is 7.06. The van der Waals surface area contributed by atoms with E-state index in [-0.39, 0.29) is 18.1 Å². The molecular weight excluding hydrogens is 366 g/mol. The fourth-order valence-electron chi connectivity index (χ4n) is 3.03. The smallest absolute Gasteiger partial charge is 0.273 e. The number of aromatic nitrogens is 1. The highest BCUT2D eigenvalue weighted by Crippen LogP contribution is 2.20. The third-order valence-electron chi connectivity index (χ3n) is 4.70. The Morgan fingerprint density at radius 1 is 1.37 bits per heavy atom. The van der Waals surface area contributed by atoms with Crippen LogP contribution in [-0.4, -0.2) is 41.1 Å². The zero-order valence-electron chi connectivity index (χ0n) is 15.8. The lowest BCUT2D eigenvalue weighted by molar-refractivity contribution is 0.0853. The Hall–Kier alpha value is -1.89. The third kappa shape index (κ3) is 5.54. The van der Waals surface area contributed by atoms with Crippen LogP contribution in [0.1, 0.15) is 48.6 Å². The van der Waals surface area contributed by atoms with Crippen molar-refractivity contribution in [1.82, 2.24) is 15.2 Å². The molecule has 1 aromatic carbocycles. The molecule has 27 heavy (non-hydrogen) atoms. The van der Waals surface area contributed by atoms with Gasteiger partial charge in [-0.25, -0.2) is 4.98 Å². The molecule has 0 saturated carbocycles. The van der Waals surface area contributed by atoms with Crippen LogP contribution in [0, 0.1) is 0 Å². The van der Waals surface area contributed by atoms with Crippen molar-refractivity contribution in [2.24, 2.45) is 0 Å². The van der Waals surface area contributed by atoms with Gasteiger partial charge in [-0.15, -0.1) is 0 Å². The van der Waals surface area contributed by atoms with Gasteiger partial charge in [0.25, 0.3) is 5.91 Å². The highest BCUT2D eigenvalue weighted by Gasteiger charge is 2.20. The Balaban J connectivity index is 1.58. The fraction of sp³-hybridized carbons (Fsp3) is 0.500. The predicted octanol–water partition coefficient (Wildman–Crippen LogP) is 3.65. The zero-order valence-corrected chi connectivity index (χ0v) is 16.5. The molecule has 1 aromatic heterocycles. The number of oxazole rings is 1. The normalized spacial score (nSPS) is 17.0. The summed E-state index contributed by atoms with van der Waals surface area (Å²) in [6.07, 6.45) is 3.54. The number of hydrogen-bond donors (Lipinski definition) is 1. The van der Waals surface area contributed by atoms with Gasteiger partial charge in [-0.05, 0) is 38.3 Å². The van der Waals surface area contributed by atoms with E-state index in [1.165, 1.54) is 6.26 Å². The van der Waals surface area contributed by atoms with Gasteiger partial charge in [-0.3, -0.25) is 9.69 Å². The highest BCUT2D eigenvalue weighted by molar-refractivity contribution is 6.31. The number of halogens is 1. The van der Waals surface area contributed by atoms with E-state index in [1.54, 1.807) is 0 Å². The van der Waals surface area contributed by atoms with Crippen molar-refractivity contribution in [3.05, 3.63) is 52.7 Å². The van der Waals surface area contributed by atoms with E-state index in [0.717, 1.165) is 30.0 Å². The lowest BCUT2D eigenvalue weighted by Gasteiger charge is -2.25. The Kier molecular flexibility index (Phi) is 6.88. The molecule has 6 nitrogen and oxygen atoms in total. The largest absolute Gasteiger partial charge is 0.447 e. The first-order valence-corrected chi connectivity index (χ1v) is 9.72. The van der Waals surface area contributed by atoms with Crippen LogP contribution < -0.4 is 5.32 Å². The molecule has 146 valence electrons. The first-order valence-electron chi connectivity index (χ1n) is 9.34. The lowest BCUT2D eigenvalue weighted by atomic mass is 10.2. The van der Waals surface area contributed by atoms with Gasteiger partial charge < -0.3 is 14.5 Å². The molecule has 1 fully saturated rings. The number of amides is 1. The molecule has 3 rings (SSSR count). The van der Waals surface area contributed by atoms with Crippen molar-refractivity contribution in [1.29, 1.82) is 0 Å². The lowest BCUT2D eigenvalue weighted by Crippen LogP contribution is -2.32. The first-order chi connectivity index (χ1) is 13.0. The van der Waals surface area contributed by atoms with E-state index in [2.05, 4.69) is 29.0 Å². The molecule has 0 bridgehead atoms. The molecule has 0 radical (unpaired) electrons. The molecule has 1 unspecified atom stereocenters. The summed E-state index contributed by atoms with van der Waals surface area (Å²) in [6, 6.07) is 8.06. The van der Waals surface area contributed by atoms with Gasteiger partial charge in [0.15, 0.2) is 5.69 Å². The molecular formula is C20H26ClN3O3. The number of benzene rings is 1. The van der Waals surface area contributed by atoms with E-state index in [9.17, 15) is 4.79 Å². The number of rotatable bonds is 8. The van der Waals surface area contributed by atoms with Crippen molar-refractivity contribution >= 4 is 17.5 Å². The van der Waals surface area contributed by atoms with Crippen molar-refractivity contribution in [3.8, 4) is 0 Å². The minimum Gasteiger partial charge on any atom is -0.447 e. The van der Waals surface area contributed by atoms with Crippen LogP contribution in [0.5, 0.6) is 0 Å². The number of carbonyl (C=O) groups is 1. The number of ether oxygens (including phenoxy) is 1. The fourth-order valence-corrected chi connectivity index (χ4v) is 3.23. The SMILES string of the molecule is CC(C)N(Cc1nc(C(=O)NCC2CCCO2)co1)Cc1ccccc1Cl. The predicted molar refractivity (Wildman–Crippen MR) is 104 cm³/mol. The van der Waals surface area contributed by atoms with Crippen LogP contribution in [0.15, 0.2) is 34.9 Å². The van der Waals surface area contributed by atoms with Crippen molar-refractivity contribution in [3.63, 3.8) is 0 Å². The summed E-state index contributed by atoms with van der Waals surface area (Å²) in [4.78, 5) is 18.8. The summed E-state index contributed by atoms with van der Waals surface area (Å²) in [5.41, 5.74) is 1.35. The Morgan fingerprint density at radius 2 is 2.19 bits per heavy atom. The molecule has 7 heteroatoms. The van der Waals surface area contributed by atoms with Crippen molar-refractivity contribution < 1.29 is 13.9 Å².